The summed E-state index contributed by atoms with van der Waals surface area (Å²) in [6.45, 7) is -0.803. The Kier molecular flexibility index (Phi) is 5.26. The number of aromatic nitrogens is 2. The average molecular weight is 384 g/mol. The van der Waals surface area contributed by atoms with Gasteiger partial charge in [-0.3, -0.25) is 4.79 Å². The molecule has 0 fully saturated rings. The zero-order valence-electron chi connectivity index (χ0n) is 13.1. The molecule has 0 saturated heterocycles. The molecule has 26 heavy (non-hydrogen) atoms. The first kappa shape index (κ1) is 18.9. The fourth-order valence-corrected chi connectivity index (χ4v) is 3.22. The molecule has 0 spiro atoms. The van der Waals surface area contributed by atoms with Crippen molar-refractivity contribution >= 4 is 22.0 Å². The zero-order valence-corrected chi connectivity index (χ0v) is 14.0. The van der Waals surface area contributed by atoms with Crippen molar-refractivity contribution in [2.24, 2.45) is 0 Å². The first-order valence-corrected chi connectivity index (χ1v) is 8.22. The van der Waals surface area contributed by atoms with E-state index in [1.807, 2.05) is 0 Å². The monoisotopic (exact) mass is 384 g/mol. The predicted molar refractivity (Wildman–Crippen MR) is 84.2 cm³/mol. The summed E-state index contributed by atoms with van der Waals surface area (Å²) in [5, 5.41) is 21.1. The molecule has 0 aliphatic rings. The number of hydrogen-bond donors (Lipinski definition) is 2. The third-order valence-electron chi connectivity index (χ3n) is 3.01. The minimum absolute atomic E-state index is 0.0632. The van der Waals surface area contributed by atoms with Gasteiger partial charge in [0.05, 0.1) is 12.7 Å². The maximum atomic E-state index is 12.8. The molecular formula is C14H12N2O9S. The number of methoxy groups -OCH3 is 1. The topological polar surface area (TPSA) is 162 Å². The molecule has 1 aromatic carbocycles. The Bertz CT molecular complexity index is 1030. The summed E-state index contributed by atoms with van der Waals surface area (Å²) in [4.78, 5) is 32.9. The van der Waals surface area contributed by atoms with Gasteiger partial charge in [-0.2, -0.15) is 8.42 Å². The summed E-state index contributed by atoms with van der Waals surface area (Å²) in [6, 6.07) is 4.88. The fraction of sp³-hybridized carbons (Fsp3) is 0.143. The van der Waals surface area contributed by atoms with Crippen LogP contribution in [-0.2, 0) is 14.8 Å². The summed E-state index contributed by atoms with van der Waals surface area (Å²) in [7, 11) is -3.49. The number of rotatable bonds is 7. The van der Waals surface area contributed by atoms with Crippen LogP contribution in [0, 0.1) is 0 Å². The molecule has 0 aliphatic carbocycles. The molecule has 2 N–H and O–H groups in total. The highest BCUT2D eigenvalue weighted by atomic mass is 32.2. The van der Waals surface area contributed by atoms with Crippen LogP contribution in [0.25, 0.3) is 0 Å². The highest BCUT2D eigenvalue weighted by Crippen LogP contribution is 2.26. The van der Waals surface area contributed by atoms with E-state index in [0.717, 1.165) is 37.4 Å². The summed E-state index contributed by atoms with van der Waals surface area (Å²) in [5.41, 5.74) is -1.41. The van der Waals surface area contributed by atoms with Gasteiger partial charge < -0.3 is 19.7 Å². The van der Waals surface area contributed by atoms with E-state index in [-0.39, 0.29) is 15.4 Å². The highest BCUT2D eigenvalue weighted by molar-refractivity contribution is 7.90. The molecule has 0 bridgehead atoms. The van der Waals surface area contributed by atoms with Gasteiger partial charge in [-0.25, -0.2) is 9.59 Å². The number of carboxylic acids is 2. The second-order valence-corrected chi connectivity index (χ2v) is 6.45. The second kappa shape index (κ2) is 7.23. The summed E-state index contributed by atoms with van der Waals surface area (Å²) < 4.78 is 35.2. The lowest BCUT2D eigenvalue weighted by Gasteiger charge is -2.12. The van der Waals surface area contributed by atoms with E-state index < -0.39 is 44.9 Å². The third kappa shape index (κ3) is 3.80. The van der Waals surface area contributed by atoms with Crippen LogP contribution in [0.1, 0.15) is 10.4 Å². The van der Waals surface area contributed by atoms with Crippen LogP contribution >= 0.6 is 0 Å². The molecule has 0 radical (unpaired) electrons. The number of hydrogen-bond acceptors (Lipinski definition) is 8. The van der Waals surface area contributed by atoms with E-state index in [1.54, 1.807) is 0 Å². The number of aromatic carboxylic acids is 1. The summed E-state index contributed by atoms with van der Waals surface area (Å²) in [6.07, 6.45) is 0. The summed E-state index contributed by atoms with van der Waals surface area (Å²) >= 11 is 0. The second-order valence-electron chi connectivity index (χ2n) is 4.71. The Labute approximate surface area is 146 Å². The molecule has 0 amide bonds. The average Bonchev–Trinajstić information content (AvgIpc) is 2.60. The smallest absolute Gasteiger partial charge is 0.341 e. The van der Waals surface area contributed by atoms with Crippen LogP contribution in [0.5, 0.6) is 11.6 Å². The molecule has 2 aromatic rings. The van der Waals surface area contributed by atoms with Gasteiger partial charge >= 0.3 is 11.9 Å². The Hall–Kier alpha value is -3.41. The van der Waals surface area contributed by atoms with E-state index in [0.29, 0.717) is 0 Å². The van der Waals surface area contributed by atoms with E-state index in [2.05, 4.69) is 5.10 Å². The van der Waals surface area contributed by atoms with Crippen LogP contribution < -0.4 is 15.0 Å². The molecule has 12 heteroatoms. The van der Waals surface area contributed by atoms with Gasteiger partial charge in [0.25, 0.3) is 15.6 Å². The van der Waals surface area contributed by atoms with Crippen molar-refractivity contribution in [3.8, 4) is 11.6 Å². The van der Waals surface area contributed by atoms with Crippen molar-refractivity contribution in [2.45, 2.75) is 4.90 Å². The number of carboxylic acid groups (broad SMARTS) is 2. The predicted octanol–water partition coefficient (Wildman–Crippen LogP) is -0.350. The SMILES string of the molecule is COc1ccc(C(=O)O)cc1S(=O)(=O)n1nc(OCC(=O)O)ccc1=O. The van der Waals surface area contributed by atoms with Gasteiger partial charge in [0, 0.05) is 12.1 Å². The number of ether oxygens (including phenoxy) is 2. The van der Waals surface area contributed by atoms with Gasteiger partial charge in [0.15, 0.2) is 6.61 Å². The van der Waals surface area contributed by atoms with Crippen molar-refractivity contribution in [2.75, 3.05) is 13.7 Å². The number of carbonyl (C=O) groups is 2. The molecule has 1 aromatic heterocycles. The Balaban J connectivity index is 2.62. The van der Waals surface area contributed by atoms with Crippen molar-refractivity contribution in [1.82, 2.24) is 9.19 Å². The quantitative estimate of drug-likeness (QED) is 0.645. The first-order chi connectivity index (χ1) is 12.2. The molecule has 0 unspecified atom stereocenters. The van der Waals surface area contributed by atoms with E-state index >= 15 is 0 Å². The van der Waals surface area contributed by atoms with Gasteiger partial charge in [0.2, 0.25) is 5.88 Å². The minimum atomic E-state index is -4.65. The molecule has 2 rings (SSSR count). The molecule has 0 atom stereocenters. The van der Waals surface area contributed by atoms with Gasteiger partial charge in [-0.15, -0.1) is 9.19 Å². The van der Waals surface area contributed by atoms with Crippen molar-refractivity contribution in [3.63, 3.8) is 0 Å². The fourth-order valence-electron chi connectivity index (χ4n) is 1.87. The Morgan fingerprint density at radius 1 is 1.19 bits per heavy atom. The molecule has 138 valence electrons. The normalized spacial score (nSPS) is 11.0. The summed E-state index contributed by atoms with van der Waals surface area (Å²) in [5.74, 6) is -3.35. The number of aliphatic carboxylic acids is 1. The van der Waals surface area contributed by atoms with Crippen molar-refractivity contribution < 1.29 is 37.7 Å². The van der Waals surface area contributed by atoms with Crippen LogP contribution in [0.2, 0.25) is 0 Å². The van der Waals surface area contributed by atoms with E-state index in [1.165, 1.54) is 0 Å². The molecule has 11 nitrogen and oxygen atoms in total. The van der Waals surface area contributed by atoms with E-state index in [4.69, 9.17) is 19.7 Å². The molecule has 0 aliphatic heterocycles. The van der Waals surface area contributed by atoms with Crippen molar-refractivity contribution in [1.29, 1.82) is 0 Å². The standard InChI is InChI=1S/C14H12N2O9S/c1-24-9-3-2-8(14(20)21)6-10(9)26(22,23)16-12(17)5-4-11(15-16)25-7-13(18)19/h2-6H,7H2,1H3,(H,18,19)(H,20,21). The first-order valence-electron chi connectivity index (χ1n) is 6.78. The van der Waals surface area contributed by atoms with Crippen LogP contribution in [-0.4, -0.2) is 53.5 Å². The van der Waals surface area contributed by atoms with E-state index in [9.17, 15) is 22.8 Å². The van der Waals surface area contributed by atoms with Gasteiger partial charge in [-0.1, -0.05) is 0 Å². The van der Waals surface area contributed by atoms with Crippen LogP contribution in [0.15, 0.2) is 40.0 Å². The van der Waals surface area contributed by atoms with Crippen LogP contribution in [0.4, 0.5) is 0 Å². The van der Waals surface area contributed by atoms with Crippen molar-refractivity contribution in [3.05, 3.63) is 46.2 Å². The van der Waals surface area contributed by atoms with Gasteiger partial charge in [0.1, 0.15) is 10.6 Å². The lowest BCUT2D eigenvalue weighted by molar-refractivity contribution is -0.139. The molecular weight excluding hydrogens is 372 g/mol. The zero-order chi connectivity index (χ0) is 19.5. The molecule has 1 heterocycles. The minimum Gasteiger partial charge on any atom is -0.495 e. The maximum Gasteiger partial charge on any atom is 0.341 e. The van der Waals surface area contributed by atoms with Crippen LogP contribution in [0.3, 0.4) is 0 Å². The van der Waals surface area contributed by atoms with Gasteiger partial charge in [-0.05, 0) is 18.2 Å². The maximum absolute atomic E-state index is 12.8. The highest BCUT2D eigenvalue weighted by Gasteiger charge is 2.26. The largest absolute Gasteiger partial charge is 0.495 e. The molecule has 0 saturated carbocycles. The third-order valence-corrected chi connectivity index (χ3v) is 4.60. The lowest BCUT2D eigenvalue weighted by atomic mass is 10.2. The number of nitrogens with zero attached hydrogens (tertiary/aromatic N) is 2. The number of benzene rings is 1. The Morgan fingerprint density at radius 2 is 1.88 bits per heavy atom. The lowest BCUT2D eigenvalue weighted by Crippen LogP contribution is -2.30. The Morgan fingerprint density at radius 3 is 2.46 bits per heavy atom.